The van der Waals surface area contributed by atoms with Gasteiger partial charge in [0.1, 0.15) is 0 Å². The highest BCUT2D eigenvalue weighted by atomic mass is 35.5. The first kappa shape index (κ1) is 16.8. The third kappa shape index (κ3) is 2.29. The van der Waals surface area contributed by atoms with E-state index >= 15 is 0 Å². The highest BCUT2D eigenvalue weighted by molar-refractivity contribution is 6.33. The molecule has 1 heterocycles. The van der Waals surface area contributed by atoms with Crippen molar-refractivity contribution in [1.29, 1.82) is 0 Å². The number of carbonyl (C=O) groups is 2. The maximum atomic E-state index is 12.9. The number of allylic oxidation sites excluding steroid dienone is 2. The highest BCUT2D eigenvalue weighted by Gasteiger charge is 2.67. The predicted octanol–water partition coefficient (Wildman–Crippen LogP) is 2.74. The van der Waals surface area contributed by atoms with Crippen LogP contribution in [-0.4, -0.2) is 37.3 Å². The first-order valence-corrected chi connectivity index (χ1v) is 9.44. The molecule has 4 aliphatic carbocycles. The van der Waals surface area contributed by atoms with E-state index in [1.165, 1.54) is 20.4 Å². The Labute approximate surface area is 161 Å². The van der Waals surface area contributed by atoms with E-state index in [9.17, 15) is 9.59 Å². The Balaban J connectivity index is 1.44. The molecule has 2 saturated carbocycles. The summed E-state index contributed by atoms with van der Waals surface area (Å²) in [4.78, 5) is 25.8. The molecule has 0 radical (unpaired) electrons. The van der Waals surface area contributed by atoms with E-state index in [4.69, 9.17) is 21.1 Å². The molecule has 2 amide bonds. The van der Waals surface area contributed by atoms with Gasteiger partial charge in [-0.2, -0.15) is 10.1 Å². The van der Waals surface area contributed by atoms with Gasteiger partial charge in [-0.05, 0) is 36.2 Å². The molecule has 1 aliphatic heterocycles. The molecule has 1 aromatic rings. The molecule has 2 bridgehead atoms. The van der Waals surface area contributed by atoms with Gasteiger partial charge >= 0.3 is 0 Å². The van der Waals surface area contributed by atoms with Crippen molar-refractivity contribution < 1.29 is 19.1 Å². The van der Waals surface area contributed by atoms with Crippen molar-refractivity contribution in [2.24, 2.45) is 40.6 Å². The van der Waals surface area contributed by atoms with Crippen LogP contribution in [0.25, 0.3) is 0 Å². The lowest BCUT2D eigenvalue weighted by molar-refractivity contribution is -0.140. The zero-order chi connectivity index (χ0) is 18.9. The summed E-state index contributed by atoms with van der Waals surface area (Å²) in [6.07, 6.45) is 6.86. The van der Waals surface area contributed by atoms with E-state index in [1.54, 1.807) is 12.1 Å². The van der Waals surface area contributed by atoms with Crippen LogP contribution < -0.4 is 9.47 Å². The number of carbonyl (C=O) groups excluding carboxylic acids is 2. The topological polar surface area (TPSA) is 68.2 Å². The van der Waals surface area contributed by atoms with Gasteiger partial charge in [0.25, 0.3) is 11.8 Å². The van der Waals surface area contributed by atoms with Crippen molar-refractivity contribution in [3.8, 4) is 11.5 Å². The Morgan fingerprint density at radius 3 is 2.15 bits per heavy atom. The van der Waals surface area contributed by atoms with E-state index < -0.39 is 0 Å². The standard InChI is InChI=1S/C20H19ClN2O4/c1-26-15-5-9(14(21)7-16(15)27-2)8-22-23-19(24)17-10-3-4-11(13-6-12(10)13)18(17)20(23)25/h3-5,7-8,10-13,17-18H,6H2,1-2H3/b22-8-/t10-,11-,12-,13+,17+,18+/m0/s1. The molecule has 6 atom stereocenters. The van der Waals surface area contributed by atoms with Crippen LogP contribution in [0.1, 0.15) is 12.0 Å². The number of hydrogen-bond donors (Lipinski definition) is 0. The van der Waals surface area contributed by atoms with Crippen LogP contribution in [0.15, 0.2) is 29.4 Å². The molecule has 27 heavy (non-hydrogen) atoms. The Morgan fingerprint density at radius 1 is 1.04 bits per heavy atom. The lowest BCUT2D eigenvalue weighted by Gasteiger charge is -2.37. The lowest BCUT2D eigenvalue weighted by Crippen LogP contribution is -2.40. The molecule has 7 heteroatoms. The number of rotatable bonds is 4. The summed E-state index contributed by atoms with van der Waals surface area (Å²) >= 11 is 6.27. The van der Waals surface area contributed by atoms with Crippen LogP contribution in [-0.2, 0) is 9.59 Å². The van der Waals surface area contributed by atoms with Crippen LogP contribution in [0.4, 0.5) is 0 Å². The molecule has 6 nitrogen and oxygen atoms in total. The number of ether oxygens (including phenoxy) is 2. The SMILES string of the molecule is COc1cc(Cl)c(/C=N\N2C(=O)[C@@H]3[C@H]4C=C[C@@H]([C@@H]5C[C@H]45)[C@H]3C2=O)cc1OC. The summed E-state index contributed by atoms with van der Waals surface area (Å²) in [6.45, 7) is 0. The van der Waals surface area contributed by atoms with Crippen LogP contribution >= 0.6 is 11.6 Å². The average molecular weight is 387 g/mol. The fraction of sp³-hybridized carbons (Fsp3) is 0.450. The van der Waals surface area contributed by atoms with Gasteiger partial charge in [-0.15, -0.1) is 0 Å². The fourth-order valence-electron chi connectivity index (χ4n) is 5.14. The first-order valence-electron chi connectivity index (χ1n) is 9.06. The third-order valence-electron chi connectivity index (χ3n) is 6.45. The van der Waals surface area contributed by atoms with Gasteiger partial charge < -0.3 is 9.47 Å². The molecule has 0 N–H and O–H groups in total. The van der Waals surface area contributed by atoms with Gasteiger partial charge in [-0.25, -0.2) is 0 Å². The zero-order valence-electron chi connectivity index (χ0n) is 15.0. The number of amides is 2. The fourth-order valence-corrected chi connectivity index (χ4v) is 5.35. The molecule has 5 aliphatic rings. The summed E-state index contributed by atoms with van der Waals surface area (Å²) in [5, 5.41) is 5.65. The number of methoxy groups -OCH3 is 2. The van der Waals surface area contributed by atoms with Gasteiger partial charge in [-0.1, -0.05) is 23.8 Å². The van der Waals surface area contributed by atoms with E-state index in [2.05, 4.69) is 17.3 Å². The second kappa shape index (κ2) is 5.83. The maximum absolute atomic E-state index is 12.9. The minimum atomic E-state index is -0.255. The highest BCUT2D eigenvalue weighted by Crippen LogP contribution is 2.65. The predicted molar refractivity (Wildman–Crippen MR) is 98.7 cm³/mol. The van der Waals surface area contributed by atoms with Crippen molar-refractivity contribution in [2.45, 2.75) is 6.42 Å². The van der Waals surface area contributed by atoms with Crippen LogP contribution in [0.5, 0.6) is 11.5 Å². The number of halogens is 1. The molecule has 140 valence electrons. The molecule has 0 spiro atoms. The Hall–Kier alpha value is -2.34. The Morgan fingerprint density at radius 2 is 1.59 bits per heavy atom. The number of benzene rings is 1. The molecule has 6 rings (SSSR count). The van der Waals surface area contributed by atoms with Crippen LogP contribution in [0.3, 0.4) is 0 Å². The molecule has 0 unspecified atom stereocenters. The second-order valence-corrected chi connectivity index (χ2v) is 8.02. The molecular weight excluding hydrogens is 368 g/mol. The molecule has 1 aromatic carbocycles. The van der Waals surface area contributed by atoms with Crippen molar-refractivity contribution in [2.75, 3.05) is 14.2 Å². The van der Waals surface area contributed by atoms with E-state index in [0.717, 1.165) is 11.4 Å². The Kier molecular flexibility index (Phi) is 3.63. The molecule has 0 aromatic heterocycles. The molecular formula is C20H19ClN2O4. The van der Waals surface area contributed by atoms with E-state index in [-0.39, 0.29) is 35.5 Å². The number of nitrogens with zero attached hydrogens (tertiary/aromatic N) is 2. The largest absolute Gasteiger partial charge is 0.493 e. The van der Waals surface area contributed by atoms with Crippen molar-refractivity contribution >= 4 is 29.6 Å². The van der Waals surface area contributed by atoms with Crippen molar-refractivity contribution in [3.05, 3.63) is 34.9 Å². The lowest BCUT2D eigenvalue weighted by atomic mass is 9.63. The molecule has 3 fully saturated rings. The van der Waals surface area contributed by atoms with Crippen LogP contribution in [0, 0.1) is 35.5 Å². The first-order chi connectivity index (χ1) is 13.0. The number of imide groups is 1. The molecule has 1 saturated heterocycles. The Bertz CT molecular complexity index is 875. The average Bonchev–Trinajstić information content (AvgIpc) is 3.46. The van der Waals surface area contributed by atoms with Crippen molar-refractivity contribution in [1.82, 2.24) is 5.01 Å². The van der Waals surface area contributed by atoms with Gasteiger partial charge in [0.15, 0.2) is 11.5 Å². The van der Waals surface area contributed by atoms with Gasteiger partial charge in [0.2, 0.25) is 0 Å². The van der Waals surface area contributed by atoms with Crippen LogP contribution in [0.2, 0.25) is 5.02 Å². The quantitative estimate of drug-likeness (QED) is 0.453. The number of hydrazone groups is 1. The normalized spacial score (nSPS) is 35.6. The third-order valence-corrected chi connectivity index (χ3v) is 6.78. The minimum Gasteiger partial charge on any atom is -0.493 e. The summed E-state index contributed by atoms with van der Waals surface area (Å²) in [5.74, 6) is 1.62. The van der Waals surface area contributed by atoms with E-state index in [1.807, 2.05) is 0 Å². The van der Waals surface area contributed by atoms with Gasteiger partial charge in [-0.3, -0.25) is 9.59 Å². The number of hydrogen-bond acceptors (Lipinski definition) is 5. The van der Waals surface area contributed by atoms with E-state index in [0.29, 0.717) is 33.9 Å². The smallest absolute Gasteiger partial charge is 0.254 e. The second-order valence-electron chi connectivity index (χ2n) is 7.62. The monoisotopic (exact) mass is 386 g/mol. The zero-order valence-corrected chi connectivity index (χ0v) is 15.7. The van der Waals surface area contributed by atoms with Gasteiger partial charge in [0, 0.05) is 11.6 Å². The maximum Gasteiger partial charge on any atom is 0.254 e. The van der Waals surface area contributed by atoms with Crippen molar-refractivity contribution in [3.63, 3.8) is 0 Å². The summed E-state index contributed by atoms with van der Waals surface area (Å²) in [5.41, 5.74) is 0.550. The summed E-state index contributed by atoms with van der Waals surface area (Å²) in [7, 11) is 3.05. The minimum absolute atomic E-state index is 0.186. The van der Waals surface area contributed by atoms with Gasteiger partial charge in [0.05, 0.1) is 37.3 Å². The summed E-state index contributed by atoms with van der Waals surface area (Å²) in [6, 6.07) is 3.29. The summed E-state index contributed by atoms with van der Waals surface area (Å²) < 4.78 is 10.5.